The van der Waals surface area contributed by atoms with Crippen molar-refractivity contribution in [2.24, 2.45) is 0 Å². The molecule has 5 nitrogen and oxygen atoms in total. The van der Waals surface area contributed by atoms with Gasteiger partial charge in [-0.25, -0.2) is 9.80 Å². The summed E-state index contributed by atoms with van der Waals surface area (Å²) < 4.78 is 19.3. The topological polar surface area (TPSA) is 34.2 Å². The summed E-state index contributed by atoms with van der Waals surface area (Å²) in [5, 5.41) is 0. The lowest BCUT2D eigenvalue weighted by atomic mass is 10.1. The molecule has 0 saturated carbocycles. The Morgan fingerprint density at radius 2 is 0.971 bits per heavy atom. The molecule has 2 atom stereocenters. The number of ether oxygens (including phenoxy) is 3. The molecule has 1 aromatic carbocycles. The van der Waals surface area contributed by atoms with E-state index in [0.717, 1.165) is 37.7 Å². The van der Waals surface area contributed by atoms with Crippen molar-refractivity contribution in [3.05, 3.63) is 24.3 Å². The summed E-state index contributed by atoms with van der Waals surface area (Å²) in [6.45, 7) is 12.7. The van der Waals surface area contributed by atoms with Gasteiger partial charge in [-0.1, -0.05) is 111 Å². The minimum atomic E-state index is -0.441. The number of fused-ring (bicyclic) bond motifs is 2. The Morgan fingerprint density at radius 3 is 1.37 bits per heavy atom. The summed E-state index contributed by atoms with van der Waals surface area (Å²) in [7, 11) is 0. The van der Waals surface area contributed by atoms with Gasteiger partial charge in [0.15, 0.2) is 0 Å². The van der Waals surface area contributed by atoms with Gasteiger partial charge in [-0.2, -0.15) is 0 Å². The minimum absolute atomic E-state index is 0.441. The highest BCUT2D eigenvalue weighted by Gasteiger charge is 2.30. The summed E-state index contributed by atoms with van der Waals surface area (Å²) in [5.41, 5.74) is 0. The molecule has 35 heavy (non-hydrogen) atoms. The minimum Gasteiger partial charge on any atom is -0.451 e. The lowest BCUT2D eigenvalue weighted by molar-refractivity contribution is -0.288. The van der Waals surface area contributed by atoms with Crippen LogP contribution in [0.1, 0.15) is 118 Å². The van der Waals surface area contributed by atoms with Crippen molar-refractivity contribution >= 4 is 0 Å². The third kappa shape index (κ3) is 12.0. The number of hydrogen-bond donors (Lipinski definition) is 0. The Balaban J connectivity index is 1.92. The molecule has 1 aliphatic rings. The van der Waals surface area contributed by atoms with Crippen molar-refractivity contribution in [1.29, 1.82) is 0 Å². The second-order valence-electron chi connectivity index (χ2n) is 9.96. The van der Waals surface area contributed by atoms with Crippen LogP contribution in [-0.2, 0) is 4.74 Å². The van der Waals surface area contributed by atoms with Crippen molar-refractivity contribution in [1.82, 2.24) is 9.80 Å². The van der Waals surface area contributed by atoms with E-state index in [0.29, 0.717) is 0 Å². The highest BCUT2D eigenvalue weighted by Crippen LogP contribution is 2.27. The summed E-state index contributed by atoms with van der Waals surface area (Å²) in [6.07, 6.45) is 17.4. The number of unbranched alkanes of at least 4 members (excludes halogenated alkanes) is 12. The molecule has 0 saturated heterocycles. The summed E-state index contributed by atoms with van der Waals surface area (Å²) >= 11 is 0. The fourth-order valence-electron chi connectivity index (χ4n) is 4.70. The predicted octanol–water partition coefficient (Wildman–Crippen LogP) is 8.19. The van der Waals surface area contributed by atoms with Gasteiger partial charge in [0, 0.05) is 32.2 Å². The Labute approximate surface area is 216 Å². The summed E-state index contributed by atoms with van der Waals surface area (Å²) in [5.74, 6) is 1.61. The Hall–Kier alpha value is -1.30. The largest absolute Gasteiger partial charge is 0.451 e. The molecule has 202 valence electrons. The van der Waals surface area contributed by atoms with E-state index in [9.17, 15) is 0 Å². The quantitative estimate of drug-likeness (QED) is 0.172. The molecule has 2 unspecified atom stereocenters. The molecular weight excluding hydrogens is 436 g/mol. The standard InChI is InChI=1S/C30H54N2O3/c1-5-9-11-13-15-17-19-24-31(7-3)29-33-27-22-21-23-28(26-27)34-30(35-29)32(8-4)25-20-18-16-14-12-10-6-2/h21-23,26,29-30H,5-20,24-25H2,1-4H3. The zero-order valence-corrected chi connectivity index (χ0v) is 23.3. The van der Waals surface area contributed by atoms with E-state index in [1.165, 1.54) is 89.9 Å². The second-order valence-corrected chi connectivity index (χ2v) is 9.96. The Kier molecular flexibility index (Phi) is 16.2. The molecular formula is C30H54N2O3. The first-order valence-electron chi connectivity index (χ1n) is 14.8. The molecule has 5 heteroatoms. The van der Waals surface area contributed by atoms with Crippen LogP contribution in [-0.4, -0.2) is 48.8 Å². The van der Waals surface area contributed by atoms with Crippen LogP contribution in [0.5, 0.6) is 11.5 Å². The van der Waals surface area contributed by atoms with Crippen LogP contribution in [0.4, 0.5) is 0 Å². The summed E-state index contributed by atoms with van der Waals surface area (Å²) in [6, 6.07) is 7.97. The number of nitrogens with zero attached hydrogens (tertiary/aromatic N) is 2. The molecule has 0 fully saturated rings. The van der Waals surface area contributed by atoms with E-state index in [2.05, 4.69) is 37.5 Å². The molecule has 0 aliphatic carbocycles. The highest BCUT2D eigenvalue weighted by atomic mass is 16.8. The molecule has 1 heterocycles. The molecule has 2 rings (SSSR count). The van der Waals surface area contributed by atoms with Gasteiger partial charge in [0.25, 0.3) is 12.8 Å². The van der Waals surface area contributed by atoms with Crippen LogP contribution in [0.3, 0.4) is 0 Å². The fraction of sp³-hybridized carbons (Fsp3) is 0.800. The molecule has 0 N–H and O–H groups in total. The van der Waals surface area contributed by atoms with E-state index in [4.69, 9.17) is 14.2 Å². The monoisotopic (exact) mass is 490 g/mol. The molecule has 0 aromatic heterocycles. The zero-order valence-electron chi connectivity index (χ0n) is 23.3. The van der Waals surface area contributed by atoms with Crippen LogP contribution in [0.2, 0.25) is 0 Å². The number of benzene rings is 1. The van der Waals surface area contributed by atoms with Gasteiger partial charge < -0.3 is 9.47 Å². The molecule has 1 aliphatic heterocycles. The highest BCUT2D eigenvalue weighted by molar-refractivity contribution is 5.33. The van der Waals surface area contributed by atoms with Gasteiger partial charge in [-0.15, -0.1) is 0 Å². The van der Waals surface area contributed by atoms with Crippen LogP contribution in [0, 0.1) is 0 Å². The normalized spacial score (nSPS) is 17.8. The van der Waals surface area contributed by atoms with Crippen molar-refractivity contribution in [3.63, 3.8) is 0 Å². The molecule has 1 aromatic rings. The number of rotatable bonds is 20. The predicted molar refractivity (Wildman–Crippen MR) is 147 cm³/mol. The smallest absolute Gasteiger partial charge is 0.266 e. The lowest BCUT2D eigenvalue weighted by Gasteiger charge is -2.38. The average Bonchev–Trinajstić information content (AvgIpc) is 2.86. The SMILES string of the molecule is CCCCCCCCCN(CC)C1Oc2cccc(c2)OC(N(CC)CCCCCCCCC)O1. The van der Waals surface area contributed by atoms with Crippen molar-refractivity contribution in [2.45, 2.75) is 130 Å². The van der Waals surface area contributed by atoms with Crippen molar-refractivity contribution in [2.75, 3.05) is 26.2 Å². The van der Waals surface area contributed by atoms with Crippen molar-refractivity contribution in [3.8, 4) is 11.5 Å². The number of hydrogen-bond acceptors (Lipinski definition) is 5. The Bertz CT molecular complexity index is 593. The second kappa shape index (κ2) is 18.9. The van der Waals surface area contributed by atoms with E-state index in [1.54, 1.807) is 0 Å². The lowest BCUT2D eigenvalue weighted by Crippen LogP contribution is -2.51. The maximum atomic E-state index is 6.55. The van der Waals surface area contributed by atoms with Crippen LogP contribution in [0.25, 0.3) is 0 Å². The maximum absolute atomic E-state index is 6.55. The first-order chi connectivity index (χ1) is 17.2. The van der Waals surface area contributed by atoms with Gasteiger partial charge >= 0.3 is 0 Å². The van der Waals surface area contributed by atoms with Gasteiger partial charge in [-0.05, 0) is 25.0 Å². The van der Waals surface area contributed by atoms with Gasteiger partial charge in [0.05, 0.1) is 0 Å². The van der Waals surface area contributed by atoms with Gasteiger partial charge in [0.2, 0.25) is 0 Å². The van der Waals surface area contributed by atoms with Crippen LogP contribution >= 0.6 is 0 Å². The molecule has 0 amide bonds. The van der Waals surface area contributed by atoms with Crippen LogP contribution < -0.4 is 9.47 Å². The molecule has 2 bridgehead atoms. The molecule has 0 spiro atoms. The fourth-order valence-corrected chi connectivity index (χ4v) is 4.70. The third-order valence-electron chi connectivity index (χ3n) is 7.02. The van der Waals surface area contributed by atoms with Crippen LogP contribution in [0.15, 0.2) is 24.3 Å². The summed E-state index contributed by atoms with van der Waals surface area (Å²) in [4.78, 5) is 4.62. The average molecular weight is 491 g/mol. The van der Waals surface area contributed by atoms with Gasteiger partial charge in [0.1, 0.15) is 11.5 Å². The van der Waals surface area contributed by atoms with E-state index in [-0.39, 0.29) is 0 Å². The van der Waals surface area contributed by atoms with Gasteiger partial charge in [-0.3, -0.25) is 4.74 Å². The first-order valence-corrected chi connectivity index (χ1v) is 14.8. The molecule has 0 radical (unpaired) electrons. The zero-order chi connectivity index (χ0) is 25.1. The third-order valence-corrected chi connectivity index (χ3v) is 7.02. The van der Waals surface area contributed by atoms with Crippen molar-refractivity contribution < 1.29 is 14.2 Å². The van der Waals surface area contributed by atoms with E-state index >= 15 is 0 Å². The maximum Gasteiger partial charge on any atom is 0.266 e. The first kappa shape index (κ1) is 29.9. The Morgan fingerprint density at radius 1 is 0.571 bits per heavy atom. The van der Waals surface area contributed by atoms with E-state index < -0.39 is 12.8 Å². The van der Waals surface area contributed by atoms with E-state index in [1.807, 2.05) is 24.3 Å².